The van der Waals surface area contributed by atoms with Gasteiger partial charge < -0.3 is 23.7 Å². The summed E-state index contributed by atoms with van der Waals surface area (Å²) < 4.78 is 99.2. The second-order valence-corrected chi connectivity index (χ2v) is 24.4. The molecule has 3 aromatic carbocycles. The largest absolute Gasteiger partial charge is 0.417 e. The van der Waals surface area contributed by atoms with E-state index in [1.807, 2.05) is 51.4 Å². The number of alkyl halides is 6. The molecule has 1 unspecified atom stereocenters. The van der Waals surface area contributed by atoms with Crippen LogP contribution in [0.3, 0.4) is 0 Å². The van der Waals surface area contributed by atoms with Crippen LogP contribution >= 0.6 is 31.9 Å². The maximum atomic E-state index is 14.9. The van der Waals surface area contributed by atoms with Crippen LogP contribution in [0.5, 0.6) is 0 Å². The maximum absolute atomic E-state index is 14.9. The molecule has 7 aromatic heterocycles. The van der Waals surface area contributed by atoms with Crippen molar-refractivity contribution in [1.29, 1.82) is 0 Å². The predicted molar refractivity (Wildman–Crippen MR) is 322 cm³/mol. The second-order valence-electron chi connectivity index (χ2n) is 22.7. The van der Waals surface area contributed by atoms with Crippen LogP contribution in [0.4, 0.5) is 26.3 Å². The summed E-state index contributed by atoms with van der Waals surface area (Å²) in [7, 11) is 1.85. The lowest BCUT2D eigenvalue weighted by atomic mass is 9.98. The highest BCUT2D eigenvalue weighted by Crippen LogP contribution is 2.38. The zero-order valence-electron chi connectivity index (χ0n) is 49.0. The van der Waals surface area contributed by atoms with Crippen molar-refractivity contribution in [3.8, 4) is 23.3 Å². The molecule has 0 radical (unpaired) electrons. The Labute approximate surface area is 519 Å². The molecule has 0 N–H and O–H groups in total. The Hall–Kier alpha value is -8.63. The van der Waals surface area contributed by atoms with Gasteiger partial charge in [-0.1, -0.05) is 45.7 Å². The molecule has 20 nitrogen and oxygen atoms in total. The molecule has 2 aliphatic heterocycles. The Balaban J connectivity index is 0.818. The first-order valence-corrected chi connectivity index (χ1v) is 29.9. The van der Waals surface area contributed by atoms with Gasteiger partial charge in [-0.3, -0.25) is 19.2 Å². The Morgan fingerprint density at radius 1 is 0.652 bits per heavy atom. The van der Waals surface area contributed by atoms with Gasteiger partial charge >= 0.3 is 12.4 Å². The summed E-state index contributed by atoms with van der Waals surface area (Å²) in [6, 6.07) is 16.3. The quantitative estimate of drug-likeness (QED) is 0.105. The van der Waals surface area contributed by atoms with Gasteiger partial charge in [-0.05, 0) is 126 Å². The third-order valence-electron chi connectivity index (χ3n) is 16.3. The van der Waals surface area contributed by atoms with E-state index in [0.29, 0.717) is 56.3 Å². The number of benzene rings is 3. The number of nitrogens with zero attached hydrogens (tertiary/aromatic N) is 15. The van der Waals surface area contributed by atoms with Gasteiger partial charge in [0, 0.05) is 68.3 Å². The molecular weight excluding hydrogens is 1300 g/mol. The lowest BCUT2D eigenvalue weighted by Gasteiger charge is -2.34. The summed E-state index contributed by atoms with van der Waals surface area (Å²) >= 11 is 5.91. The minimum absolute atomic E-state index is 0.0114. The van der Waals surface area contributed by atoms with Crippen molar-refractivity contribution in [3.63, 3.8) is 0 Å². The van der Waals surface area contributed by atoms with E-state index in [1.165, 1.54) is 54.1 Å². The van der Waals surface area contributed by atoms with Crippen molar-refractivity contribution >= 4 is 65.9 Å². The van der Waals surface area contributed by atoms with E-state index in [4.69, 9.17) is 29.9 Å². The number of fused-ring (bicyclic) bond motifs is 4. The Morgan fingerprint density at radius 2 is 1.16 bits per heavy atom. The van der Waals surface area contributed by atoms with Crippen molar-refractivity contribution in [2.24, 2.45) is 7.05 Å². The normalized spacial score (nSPS) is 15.8. The van der Waals surface area contributed by atoms with Crippen LogP contribution in [-0.4, -0.2) is 103 Å². The molecule has 28 heteroatoms. The SMILES string of the molecule is Cc1cc(C(C)C)nn1-c1nc2c(c(=O)n1-c1cnc3c(c1)ncn3CCOC(C)c1cc(C)n(-c3nc4c(c(=O)n3-c3ccc5c(c3)ncn5C)C[C@@H](C)N(C(=O)c3ccc(Br)c(C(F)(F)F)c3)C4)n1)C[C@@H](C)N(C(=O)c1ccc(Br)c(C(F)(F)F)c1)C2. The van der Waals surface area contributed by atoms with Crippen molar-refractivity contribution in [2.75, 3.05) is 6.61 Å². The topological polar surface area (TPSA) is 204 Å². The molecule has 0 spiro atoms. The molecule has 0 saturated carbocycles. The number of hydrogen-bond acceptors (Lipinski definition) is 12. The summed E-state index contributed by atoms with van der Waals surface area (Å²) in [5, 5.41) is 9.77. The van der Waals surface area contributed by atoms with E-state index < -0.39 is 64.6 Å². The van der Waals surface area contributed by atoms with Crippen LogP contribution in [0.25, 0.3) is 45.5 Å². The molecule has 0 aliphatic carbocycles. The zero-order chi connectivity index (χ0) is 63.4. The highest BCUT2D eigenvalue weighted by molar-refractivity contribution is 9.10. The van der Waals surface area contributed by atoms with E-state index in [-0.39, 0.29) is 88.4 Å². The number of aryl methyl sites for hydroxylation is 3. The number of hydrogen-bond donors (Lipinski definition) is 0. The number of halogens is 8. The number of aromatic nitrogens is 13. The number of carbonyl (C=O) groups excluding carboxylic acids is 2. The number of amides is 2. The molecule has 2 amide bonds. The third kappa shape index (κ3) is 11.0. The lowest BCUT2D eigenvalue weighted by molar-refractivity contribution is -0.139. The van der Waals surface area contributed by atoms with Crippen LogP contribution < -0.4 is 11.1 Å². The van der Waals surface area contributed by atoms with Gasteiger partial charge in [0.2, 0.25) is 11.9 Å². The summed E-state index contributed by atoms with van der Waals surface area (Å²) in [5.41, 5.74) is 3.64. The van der Waals surface area contributed by atoms with Crippen molar-refractivity contribution < 1.29 is 40.7 Å². The fourth-order valence-corrected chi connectivity index (χ4v) is 12.4. The van der Waals surface area contributed by atoms with E-state index in [9.17, 15) is 45.5 Å². The number of pyridine rings is 1. The lowest BCUT2D eigenvalue weighted by Crippen LogP contribution is -2.46. The summed E-state index contributed by atoms with van der Waals surface area (Å²) in [6.07, 6.45) is -5.13. The third-order valence-corrected chi connectivity index (χ3v) is 17.7. The van der Waals surface area contributed by atoms with Crippen molar-refractivity contribution in [3.05, 3.63) is 189 Å². The minimum Gasteiger partial charge on any atom is -0.370 e. The van der Waals surface area contributed by atoms with Gasteiger partial charge in [0.1, 0.15) is 5.52 Å². The average Bonchev–Trinajstić information content (AvgIpc) is 1.70. The van der Waals surface area contributed by atoms with Crippen LogP contribution in [0.2, 0.25) is 0 Å². The molecule has 9 heterocycles. The molecule has 10 aromatic rings. The van der Waals surface area contributed by atoms with Crippen molar-refractivity contribution in [1.82, 2.24) is 72.5 Å². The van der Waals surface area contributed by atoms with Gasteiger partial charge in [0.25, 0.3) is 22.9 Å². The molecule has 0 saturated heterocycles. The number of ether oxygens (including phenoxy) is 1. The fourth-order valence-electron chi connectivity index (χ4n) is 11.5. The maximum Gasteiger partial charge on any atom is 0.417 e. The van der Waals surface area contributed by atoms with Crippen LogP contribution in [0.15, 0.2) is 110 Å². The molecule has 460 valence electrons. The number of carbonyl (C=O) groups is 2. The van der Waals surface area contributed by atoms with Crippen LogP contribution in [-0.2, 0) is 56.6 Å². The van der Waals surface area contributed by atoms with Gasteiger partial charge in [0.05, 0.1) is 101 Å². The molecule has 89 heavy (non-hydrogen) atoms. The summed E-state index contributed by atoms with van der Waals surface area (Å²) in [6.45, 7) is 13.0. The van der Waals surface area contributed by atoms with E-state index in [1.54, 1.807) is 66.9 Å². The van der Waals surface area contributed by atoms with E-state index in [2.05, 4.69) is 41.8 Å². The monoisotopic (exact) mass is 1350 g/mol. The second kappa shape index (κ2) is 22.8. The molecular formula is C61H55Br2F6N15O5. The van der Waals surface area contributed by atoms with Gasteiger partial charge in [-0.2, -0.15) is 36.5 Å². The van der Waals surface area contributed by atoms with E-state index >= 15 is 0 Å². The van der Waals surface area contributed by atoms with Gasteiger partial charge in [-0.25, -0.2) is 43.4 Å². The number of imidazole rings is 2. The average molecular weight is 1350 g/mol. The Bertz CT molecular complexity index is 4660. The first-order chi connectivity index (χ1) is 42.1. The van der Waals surface area contributed by atoms with Crippen LogP contribution in [0.1, 0.15) is 124 Å². The Kier molecular flexibility index (Phi) is 15.5. The first-order valence-electron chi connectivity index (χ1n) is 28.3. The predicted octanol–water partition coefficient (Wildman–Crippen LogP) is 11.0. The highest BCUT2D eigenvalue weighted by Gasteiger charge is 2.39. The zero-order valence-corrected chi connectivity index (χ0v) is 52.2. The highest BCUT2D eigenvalue weighted by atomic mass is 79.9. The fraction of sp³-hybridized carbons (Fsp3) is 0.328. The van der Waals surface area contributed by atoms with Gasteiger partial charge in [0.15, 0.2) is 5.65 Å². The minimum atomic E-state index is -4.72. The molecule has 3 atom stereocenters. The van der Waals surface area contributed by atoms with Gasteiger partial charge in [-0.15, -0.1) is 0 Å². The number of rotatable bonds is 12. The molecule has 0 fully saturated rings. The standard InChI is InChI=1S/C61H55Br2F6N15O5/c1-30(2)46-19-33(5)83(75-46)59-74-51-27-80(55(86)37-10-13-45(63)43(22-37)61(67,68)69)32(4)18-41(51)57(88)82(59)39-24-49-53(70-25-39)78(29-72-49)15-16-89-35(7)47-20-34(6)84(76-47)58-73-50-26-79(54(85)36-9-12-44(62)42(21-36)60(64,65)66)31(3)17-40(50)56(87)81(58)38-11-14-52-48(23-38)71-28-77(52)8/h9-14,19-25,28-32,35H,15-18,26-27H2,1-8H3/t31-,32-,35?/m1/s1. The summed E-state index contributed by atoms with van der Waals surface area (Å²) in [4.78, 5) is 84.8. The Morgan fingerprint density at radius 3 is 1.69 bits per heavy atom. The molecule has 2 aliphatic rings. The van der Waals surface area contributed by atoms with Crippen molar-refractivity contribution in [2.45, 2.75) is 117 Å². The molecule has 12 rings (SSSR count). The van der Waals surface area contributed by atoms with E-state index in [0.717, 1.165) is 23.3 Å². The first kappa shape index (κ1) is 60.6. The summed E-state index contributed by atoms with van der Waals surface area (Å²) in [5.74, 6) is -1.09. The molecule has 0 bridgehead atoms. The van der Waals surface area contributed by atoms with Crippen LogP contribution in [0, 0.1) is 13.8 Å². The smallest absolute Gasteiger partial charge is 0.370 e.